The maximum absolute atomic E-state index is 12.8. The fourth-order valence-corrected chi connectivity index (χ4v) is 5.84. The van der Waals surface area contributed by atoms with Gasteiger partial charge in [-0.2, -0.15) is 0 Å². The van der Waals surface area contributed by atoms with Crippen molar-refractivity contribution >= 4 is 50.2 Å². The van der Waals surface area contributed by atoms with E-state index < -0.39 is 12.0 Å². The Morgan fingerprint density at radius 1 is 1.16 bits per heavy atom. The summed E-state index contributed by atoms with van der Waals surface area (Å²) in [6.07, 6.45) is 0.562. The van der Waals surface area contributed by atoms with Crippen LogP contribution >= 0.6 is 33.3 Å². The van der Waals surface area contributed by atoms with Crippen molar-refractivity contribution in [2.24, 2.45) is 11.7 Å². The molecule has 0 spiro atoms. The predicted octanol–water partition coefficient (Wildman–Crippen LogP) is 4.23. The van der Waals surface area contributed by atoms with Crippen molar-refractivity contribution in [1.29, 1.82) is 0 Å². The van der Waals surface area contributed by atoms with E-state index in [1.54, 1.807) is 52.8 Å². The van der Waals surface area contributed by atoms with Crippen molar-refractivity contribution in [3.8, 4) is 5.75 Å². The van der Waals surface area contributed by atoms with E-state index in [-0.39, 0.29) is 40.2 Å². The second-order valence-electron chi connectivity index (χ2n) is 8.05. The lowest BCUT2D eigenvalue weighted by Crippen LogP contribution is -2.35. The molecule has 0 unspecified atom stereocenters. The second kappa shape index (κ2) is 14.1. The number of carbonyl (C=O) groups excluding carboxylic acids is 3. The first-order valence-electron chi connectivity index (χ1n) is 10.2. The standard InChI is InChI=1S/C22H33NO5S3/c1-5-28-20(26)10-11-29-21(27)16(12-15-6-8-17(24)9-7-15)13-19(25)18(23)14-30-31-22(2,3)4/h6-9,16,18,24H,5,10-14,23H2,1-4H3/t16-,18+/m1/s1. The van der Waals surface area contributed by atoms with Crippen LogP contribution in [0, 0.1) is 5.92 Å². The number of thioether (sulfide) groups is 1. The van der Waals surface area contributed by atoms with Crippen LogP contribution in [0.4, 0.5) is 0 Å². The summed E-state index contributed by atoms with van der Waals surface area (Å²) in [5.74, 6) is -0.106. The second-order valence-corrected chi connectivity index (χ2v) is 12.3. The van der Waals surface area contributed by atoms with Crippen LogP contribution in [0.25, 0.3) is 0 Å². The number of hydrogen-bond acceptors (Lipinski definition) is 9. The fraction of sp³-hybridized carbons (Fsp3) is 0.591. The molecule has 0 heterocycles. The Balaban J connectivity index is 2.72. The largest absolute Gasteiger partial charge is 0.508 e. The Kier molecular flexibility index (Phi) is 12.7. The number of phenolic OH excluding ortho intramolecular Hbond substituents is 1. The molecule has 1 aromatic rings. The number of ketones is 1. The van der Waals surface area contributed by atoms with Crippen LogP contribution < -0.4 is 5.73 Å². The van der Waals surface area contributed by atoms with Crippen molar-refractivity contribution in [2.45, 2.75) is 57.7 Å². The van der Waals surface area contributed by atoms with E-state index >= 15 is 0 Å². The van der Waals surface area contributed by atoms with Gasteiger partial charge in [-0.05, 0) is 31.0 Å². The number of nitrogens with two attached hydrogens (primary N) is 1. The van der Waals surface area contributed by atoms with Crippen molar-refractivity contribution in [3.05, 3.63) is 29.8 Å². The van der Waals surface area contributed by atoms with Crippen LogP contribution in [0.3, 0.4) is 0 Å². The summed E-state index contributed by atoms with van der Waals surface area (Å²) in [6.45, 7) is 8.32. The molecule has 1 rings (SSSR count). The number of phenols is 1. The SMILES string of the molecule is CCOC(=O)CCSC(=O)[C@@H](CC(=O)[C@@H](N)CSSC(C)(C)C)Cc1ccc(O)cc1. The molecule has 0 radical (unpaired) electrons. The van der Waals surface area contributed by atoms with Crippen molar-refractivity contribution < 1.29 is 24.2 Å². The summed E-state index contributed by atoms with van der Waals surface area (Å²) in [5, 5.41) is 9.34. The first-order valence-corrected chi connectivity index (χ1v) is 13.5. The molecule has 0 aliphatic heterocycles. The van der Waals surface area contributed by atoms with Crippen LogP contribution in [0.2, 0.25) is 0 Å². The maximum atomic E-state index is 12.8. The lowest BCUT2D eigenvalue weighted by Gasteiger charge is -2.19. The highest BCUT2D eigenvalue weighted by Crippen LogP contribution is 2.35. The quantitative estimate of drug-likeness (QED) is 0.312. The van der Waals surface area contributed by atoms with Gasteiger partial charge in [0.1, 0.15) is 5.75 Å². The molecule has 3 N–H and O–H groups in total. The van der Waals surface area contributed by atoms with Gasteiger partial charge in [-0.1, -0.05) is 66.3 Å². The van der Waals surface area contributed by atoms with Gasteiger partial charge in [-0.15, -0.1) is 0 Å². The lowest BCUT2D eigenvalue weighted by molar-refractivity contribution is -0.142. The summed E-state index contributed by atoms with van der Waals surface area (Å²) in [7, 11) is 3.23. The molecule has 0 aliphatic rings. The topological polar surface area (TPSA) is 107 Å². The smallest absolute Gasteiger partial charge is 0.306 e. The van der Waals surface area contributed by atoms with Gasteiger partial charge in [-0.25, -0.2) is 0 Å². The zero-order valence-corrected chi connectivity index (χ0v) is 21.0. The molecular formula is C22H33NO5S3. The van der Waals surface area contributed by atoms with Crippen LogP contribution in [0.15, 0.2) is 24.3 Å². The number of aromatic hydroxyl groups is 1. The van der Waals surface area contributed by atoms with Crippen LogP contribution in [0.1, 0.15) is 46.1 Å². The van der Waals surface area contributed by atoms with E-state index in [0.717, 1.165) is 17.3 Å². The molecule has 0 aliphatic carbocycles. The number of rotatable bonds is 13. The Morgan fingerprint density at radius 2 is 1.81 bits per heavy atom. The van der Waals surface area contributed by atoms with Gasteiger partial charge in [0.2, 0.25) is 0 Å². The zero-order valence-electron chi connectivity index (χ0n) is 18.6. The number of esters is 1. The fourth-order valence-electron chi connectivity index (χ4n) is 2.51. The van der Waals surface area contributed by atoms with Crippen LogP contribution in [-0.4, -0.2) is 50.9 Å². The minimum atomic E-state index is -0.639. The molecule has 6 nitrogen and oxygen atoms in total. The highest BCUT2D eigenvalue weighted by molar-refractivity contribution is 8.77. The highest BCUT2D eigenvalue weighted by Gasteiger charge is 2.26. The van der Waals surface area contributed by atoms with E-state index in [1.165, 1.54) is 0 Å². The van der Waals surface area contributed by atoms with Crippen LogP contribution in [0.5, 0.6) is 5.75 Å². The normalized spacial score (nSPS) is 13.5. The molecule has 1 aromatic carbocycles. The number of hydrogen-bond donors (Lipinski definition) is 2. The molecule has 0 bridgehead atoms. The van der Waals surface area contributed by atoms with Gasteiger partial charge in [0.15, 0.2) is 10.9 Å². The Hall–Kier alpha value is -1.16. The predicted molar refractivity (Wildman–Crippen MR) is 131 cm³/mol. The summed E-state index contributed by atoms with van der Waals surface area (Å²) < 4.78 is 4.96. The van der Waals surface area contributed by atoms with Crippen molar-refractivity contribution in [1.82, 2.24) is 0 Å². The summed E-state index contributed by atoms with van der Waals surface area (Å²) in [5.41, 5.74) is 6.93. The lowest BCUT2D eigenvalue weighted by atomic mass is 9.93. The van der Waals surface area contributed by atoms with Crippen molar-refractivity contribution in [3.63, 3.8) is 0 Å². The third-order valence-electron chi connectivity index (χ3n) is 4.03. The Bertz CT molecular complexity index is 719. The van der Waals surface area contributed by atoms with E-state index in [1.807, 2.05) is 0 Å². The zero-order chi connectivity index (χ0) is 23.4. The molecule has 0 amide bonds. The van der Waals surface area contributed by atoms with E-state index in [2.05, 4.69) is 20.8 Å². The average molecular weight is 488 g/mol. The number of carbonyl (C=O) groups is 3. The van der Waals surface area contributed by atoms with Crippen molar-refractivity contribution in [2.75, 3.05) is 18.1 Å². The molecule has 0 saturated carbocycles. The van der Waals surface area contributed by atoms with Gasteiger partial charge in [0.05, 0.1) is 19.1 Å². The Labute approximate surface area is 197 Å². The molecule has 174 valence electrons. The maximum Gasteiger partial charge on any atom is 0.306 e. The van der Waals surface area contributed by atoms with Gasteiger partial charge < -0.3 is 15.6 Å². The summed E-state index contributed by atoms with van der Waals surface area (Å²) in [6, 6.07) is 5.94. The average Bonchev–Trinajstić information content (AvgIpc) is 2.68. The molecule has 0 saturated heterocycles. The summed E-state index contributed by atoms with van der Waals surface area (Å²) >= 11 is 1.04. The first kappa shape index (κ1) is 27.9. The molecular weight excluding hydrogens is 454 g/mol. The molecule has 2 atom stereocenters. The first-order chi connectivity index (χ1) is 14.5. The van der Waals surface area contributed by atoms with Gasteiger partial charge in [-0.3, -0.25) is 14.4 Å². The van der Waals surface area contributed by atoms with Crippen LogP contribution in [-0.2, 0) is 25.5 Å². The minimum Gasteiger partial charge on any atom is -0.508 e. The third-order valence-corrected chi connectivity index (χ3v) is 8.43. The van der Waals surface area contributed by atoms with Gasteiger partial charge in [0.25, 0.3) is 0 Å². The highest BCUT2D eigenvalue weighted by atomic mass is 33.1. The number of Topliss-reactive ketones (excluding diaryl/α,β-unsaturated/α-hetero) is 1. The number of benzene rings is 1. The number of ether oxygens (including phenoxy) is 1. The van der Waals surface area contributed by atoms with Gasteiger partial charge in [0, 0.05) is 28.6 Å². The minimum absolute atomic E-state index is 0.0496. The van der Waals surface area contributed by atoms with E-state index in [9.17, 15) is 19.5 Å². The van der Waals surface area contributed by atoms with Gasteiger partial charge >= 0.3 is 5.97 Å². The summed E-state index contributed by atoms with van der Waals surface area (Å²) in [4.78, 5) is 37.0. The molecule has 31 heavy (non-hydrogen) atoms. The molecule has 0 fully saturated rings. The van der Waals surface area contributed by atoms with E-state index in [0.29, 0.717) is 24.5 Å². The molecule has 9 heteroatoms. The third kappa shape index (κ3) is 12.5. The monoisotopic (exact) mass is 487 g/mol. The van der Waals surface area contributed by atoms with E-state index in [4.69, 9.17) is 10.5 Å². The molecule has 0 aromatic heterocycles. The Morgan fingerprint density at radius 3 is 2.39 bits per heavy atom.